The zero-order valence-corrected chi connectivity index (χ0v) is 13.3. The van der Waals surface area contributed by atoms with Crippen molar-refractivity contribution in [1.82, 2.24) is 5.32 Å². The van der Waals surface area contributed by atoms with E-state index in [1.165, 1.54) is 30.3 Å². The Kier molecular flexibility index (Phi) is 4.92. The number of carbonyl (C=O) groups is 2. The van der Waals surface area contributed by atoms with E-state index in [1.54, 1.807) is 12.1 Å². The number of hydrogen-bond acceptors (Lipinski definition) is 3. The summed E-state index contributed by atoms with van der Waals surface area (Å²) in [4.78, 5) is 23.8. The highest BCUT2D eigenvalue weighted by Crippen LogP contribution is 2.29. The fraction of sp³-hybridized carbons (Fsp3) is 0.222. The molecule has 130 valence electrons. The first kappa shape index (κ1) is 16.9. The first-order chi connectivity index (χ1) is 12.0. The van der Waals surface area contributed by atoms with E-state index in [-0.39, 0.29) is 29.6 Å². The van der Waals surface area contributed by atoms with Crippen molar-refractivity contribution in [2.75, 3.05) is 17.2 Å². The van der Waals surface area contributed by atoms with Crippen LogP contribution in [-0.2, 0) is 9.59 Å². The lowest BCUT2D eigenvalue weighted by atomic mass is 9.96. The molecule has 0 aromatic heterocycles. The average molecular weight is 345 g/mol. The molecule has 2 aromatic rings. The quantitative estimate of drug-likeness (QED) is 0.797. The minimum Gasteiger partial charge on any atom is -0.356 e. The Morgan fingerprint density at radius 2 is 1.88 bits per heavy atom. The maximum Gasteiger partial charge on any atom is 0.228 e. The van der Waals surface area contributed by atoms with Crippen molar-refractivity contribution in [3.8, 4) is 0 Å². The Bertz CT molecular complexity index is 811. The molecule has 7 heteroatoms. The monoisotopic (exact) mass is 345 g/mol. The van der Waals surface area contributed by atoms with Crippen molar-refractivity contribution in [1.29, 1.82) is 0 Å². The normalized spacial score (nSPS) is 16.9. The molecule has 0 unspecified atom stereocenters. The molecule has 3 rings (SSSR count). The third-order valence-electron chi connectivity index (χ3n) is 4.00. The Hall–Kier alpha value is -2.96. The number of benzene rings is 2. The number of anilines is 3. The second-order valence-corrected chi connectivity index (χ2v) is 5.82. The Balaban J connectivity index is 1.80. The van der Waals surface area contributed by atoms with Crippen LogP contribution in [0.1, 0.15) is 12.8 Å². The summed E-state index contributed by atoms with van der Waals surface area (Å²) in [6, 6.07) is 9.76. The fourth-order valence-electron chi connectivity index (χ4n) is 2.68. The van der Waals surface area contributed by atoms with Crippen LogP contribution in [0.2, 0.25) is 0 Å². The molecule has 2 aromatic carbocycles. The Morgan fingerprint density at radius 3 is 2.64 bits per heavy atom. The van der Waals surface area contributed by atoms with Crippen LogP contribution in [-0.4, -0.2) is 18.4 Å². The van der Waals surface area contributed by atoms with Gasteiger partial charge in [-0.15, -0.1) is 0 Å². The van der Waals surface area contributed by atoms with Crippen LogP contribution in [0.4, 0.5) is 25.8 Å². The van der Waals surface area contributed by atoms with Gasteiger partial charge in [0.25, 0.3) is 0 Å². The lowest BCUT2D eigenvalue weighted by molar-refractivity contribution is -0.129. The van der Waals surface area contributed by atoms with Crippen LogP contribution in [0.5, 0.6) is 0 Å². The summed E-state index contributed by atoms with van der Waals surface area (Å²) in [6.45, 7) is 0.445. The SMILES string of the molecule is O=C1C[C@H](C(=O)Nc2ccc(F)cc2Nc2ccccc2F)CCN1. The van der Waals surface area contributed by atoms with E-state index in [9.17, 15) is 18.4 Å². The second kappa shape index (κ2) is 7.29. The van der Waals surface area contributed by atoms with Gasteiger partial charge < -0.3 is 16.0 Å². The molecule has 1 saturated heterocycles. The smallest absolute Gasteiger partial charge is 0.228 e. The van der Waals surface area contributed by atoms with E-state index in [0.29, 0.717) is 18.7 Å². The molecule has 5 nitrogen and oxygen atoms in total. The Labute approximate surface area is 143 Å². The molecular weight excluding hydrogens is 328 g/mol. The second-order valence-electron chi connectivity index (χ2n) is 5.82. The highest BCUT2D eigenvalue weighted by atomic mass is 19.1. The number of rotatable bonds is 4. The van der Waals surface area contributed by atoms with Crippen molar-refractivity contribution < 1.29 is 18.4 Å². The molecule has 0 spiro atoms. The van der Waals surface area contributed by atoms with E-state index < -0.39 is 17.6 Å². The van der Waals surface area contributed by atoms with Crippen LogP contribution < -0.4 is 16.0 Å². The number of halogens is 2. The number of amides is 2. The Morgan fingerprint density at radius 1 is 1.08 bits per heavy atom. The molecule has 1 atom stereocenters. The number of carbonyl (C=O) groups excluding carboxylic acids is 2. The maximum atomic E-state index is 13.8. The van der Waals surface area contributed by atoms with Crippen LogP contribution in [0.25, 0.3) is 0 Å². The summed E-state index contributed by atoms with van der Waals surface area (Å²) in [5.74, 6) is -1.95. The number of nitrogens with one attached hydrogen (secondary N) is 3. The van der Waals surface area contributed by atoms with E-state index in [4.69, 9.17) is 0 Å². The zero-order valence-electron chi connectivity index (χ0n) is 13.3. The van der Waals surface area contributed by atoms with E-state index in [2.05, 4.69) is 16.0 Å². The molecule has 1 aliphatic heterocycles. The average Bonchev–Trinajstić information content (AvgIpc) is 2.59. The van der Waals surface area contributed by atoms with Gasteiger partial charge in [-0.25, -0.2) is 8.78 Å². The summed E-state index contributed by atoms with van der Waals surface area (Å²) < 4.78 is 27.4. The molecule has 1 heterocycles. The van der Waals surface area contributed by atoms with E-state index in [1.807, 2.05) is 0 Å². The third kappa shape index (κ3) is 4.12. The summed E-state index contributed by atoms with van der Waals surface area (Å²) in [5, 5.41) is 8.15. The first-order valence-electron chi connectivity index (χ1n) is 7.91. The van der Waals surface area contributed by atoms with Gasteiger partial charge in [-0.05, 0) is 36.8 Å². The molecule has 2 amide bonds. The highest BCUT2D eigenvalue weighted by molar-refractivity contribution is 5.98. The van der Waals surface area contributed by atoms with Crippen LogP contribution in [0.3, 0.4) is 0 Å². The number of piperidine rings is 1. The molecular formula is C18H17F2N3O2. The van der Waals surface area contributed by atoms with Gasteiger partial charge in [0, 0.05) is 18.9 Å². The molecule has 0 bridgehead atoms. The summed E-state index contributed by atoms with van der Waals surface area (Å²) in [6.07, 6.45) is 0.651. The molecule has 3 N–H and O–H groups in total. The lowest BCUT2D eigenvalue weighted by Crippen LogP contribution is -2.38. The largest absolute Gasteiger partial charge is 0.356 e. The summed E-state index contributed by atoms with van der Waals surface area (Å²) in [7, 11) is 0. The van der Waals surface area contributed by atoms with Crippen LogP contribution >= 0.6 is 0 Å². The van der Waals surface area contributed by atoms with Crippen LogP contribution in [0, 0.1) is 17.6 Å². The highest BCUT2D eigenvalue weighted by Gasteiger charge is 2.26. The molecule has 25 heavy (non-hydrogen) atoms. The van der Waals surface area contributed by atoms with Gasteiger partial charge in [-0.3, -0.25) is 9.59 Å². The van der Waals surface area contributed by atoms with Gasteiger partial charge in [-0.1, -0.05) is 12.1 Å². The van der Waals surface area contributed by atoms with Gasteiger partial charge >= 0.3 is 0 Å². The molecule has 0 aliphatic carbocycles. The van der Waals surface area contributed by atoms with Gasteiger partial charge in [-0.2, -0.15) is 0 Å². The standard InChI is InChI=1S/C18H17F2N3O2/c19-12-5-6-15(23-18(25)11-7-8-21-17(24)9-11)16(10-12)22-14-4-2-1-3-13(14)20/h1-6,10-11,22H,7-9H2,(H,21,24)(H,23,25)/t11-/m1/s1. The van der Waals surface area contributed by atoms with Crippen molar-refractivity contribution in [2.45, 2.75) is 12.8 Å². The van der Waals surface area contributed by atoms with E-state index in [0.717, 1.165) is 0 Å². The van der Waals surface area contributed by atoms with Crippen molar-refractivity contribution in [3.63, 3.8) is 0 Å². The van der Waals surface area contributed by atoms with Crippen molar-refractivity contribution in [3.05, 3.63) is 54.1 Å². The third-order valence-corrected chi connectivity index (χ3v) is 4.00. The van der Waals surface area contributed by atoms with Gasteiger partial charge in [0.2, 0.25) is 11.8 Å². The maximum absolute atomic E-state index is 13.8. The van der Waals surface area contributed by atoms with E-state index >= 15 is 0 Å². The summed E-state index contributed by atoms with van der Waals surface area (Å²) in [5.41, 5.74) is 0.722. The predicted octanol–water partition coefficient (Wildman–Crippen LogP) is 3.17. The van der Waals surface area contributed by atoms with Crippen molar-refractivity contribution >= 4 is 28.9 Å². The number of para-hydroxylation sites is 1. The van der Waals surface area contributed by atoms with Crippen molar-refractivity contribution in [2.24, 2.45) is 5.92 Å². The van der Waals surface area contributed by atoms with Gasteiger partial charge in [0.15, 0.2) is 0 Å². The van der Waals surface area contributed by atoms with Gasteiger partial charge in [0.05, 0.1) is 17.1 Å². The number of hydrogen-bond donors (Lipinski definition) is 3. The van der Waals surface area contributed by atoms with Gasteiger partial charge in [0.1, 0.15) is 11.6 Å². The first-order valence-corrected chi connectivity index (χ1v) is 7.91. The minimum atomic E-state index is -0.520. The molecule has 1 aliphatic rings. The topological polar surface area (TPSA) is 70.2 Å². The molecule has 0 radical (unpaired) electrons. The molecule has 0 saturated carbocycles. The molecule has 1 fully saturated rings. The minimum absolute atomic E-state index is 0.114. The van der Waals surface area contributed by atoms with Crippen LogP contribution in [0.15, 0.2) is 42.5 Å². The predicted molar refractivity (Wildman–Crippen MR) is 90.4 cm³/mol. The fourth-order valence-corrected chi connectivity index (χ4v) is 2.68. The summed E-state index contributed by atoms with van der Waals surface area (Å²) >= 11 is 0. The lowest BCUT2D eigenvalue weighted by Gasteiger charge is -2.22. The zero-order chi connectivity index (χ0) is 17.8.